The molecule has 152 valence electrons. The normalized spacial score (nSPS) is 11.7. The third-order valence-corrected chi connectivity index (χ3v) is 4.91. The first-order valence-electron chi connectivity index (χ1n) is 10.8. The van der Waals surface area contributed by atoms with Crippen LogP contribution >= 0.6 is 0 Å². The van der Waals surface area contributed by atoms with Crippen LogP contribution in [0, 0.1) is 0 Å². The van der Waals surface area contributed by atoms with E-state index in [0.29, 0.717) is 6.42 Å². The Kier molecular flexibility index (Phi) is 17.5. The minimum atomic E-state index is -1.10. The average molecular weight is 368 g/mol. The van der Waals surface area contributed by atoms with Gasteiger partial charge in [0.15, 0.2) is 0 Å². The van der Waals surface area contributed by atoms with Crippen LogP contribution in [-0.2, 0) is 9.59 Å². The highest BCUT2D eigenvalue weighted by molar-refractivity contribution is 5.97. The summed E-state index contributed by atoms with van der Waals surface area (Å²) in [5, 5.41) is 8.68. The number of carbonyl (C=O) groups excluding carboxylic acids is 1. The molecule has 0 saturated carbocycles. The molecule has 0 aromatic heterocycles. The van der Waals surface area contributed by atoms with E-state index in [1.165, 1.54) is 83.5 Å². The lowest BCUT2D eigenvalue weighted by Crippen LogP contribution is -2.15. The van der Waals surface area contributed by atoms with Crippen molar-refractivity contribution < 1.29 is 14.7 Å². The zero-order valence-electron chi connectivity index (χ0n) is 16.9. The molecule has 0 aliphatic carbocycles. The number of nitrogens with two attached hydrogens (primary N) is 1. The molecular formula is C22H41NO3. The van der Waals surface area contributed by atoms with E-state index in [9.17, 15) is 9.59 Å². The monoisotopic (exact) mass is 367 g/mol. The fourth-order valence-electron chi connectivity index (χ4n) is 3.28. The van der Waals surface area contributed by atoms with E-state index < -0.39 is 11.9 Å². The van der Waals surface area contributed by atoms with Crippen molar-refractivity contribution in [1.29, 1.82) is 0 Å². The standard InChI is InChI=1S/C22H41NO3/c1-2-3-4-5-6-7-8-9-10-11-12-13-14-15-16-17-18-20(22(23)26)19-21(24)25/h19H,2-18H2,1H3,(H2,23,26)(H,24,25)/b20-19+. The zero-order valence-corrected chi connectivity index (χ0v) is 16.9. The van der Waals surface area contributed by atoms with Crippen molar-refractivity contribution in [2.24, 2.45) is 5.73 Å². The number of hydrogen-bond acceptors (Lipinski definition) is 2. The van der Waals surface area contributed by atoms with E-state index in [1.807, 2.05) is 0 Å². The average Bonchev–Trinajstić information content (AvgIpc) is 2.59. The van der Waals surface area contributed by atoms with Crippen LogP contribution in [0.5, 0.6) is 0 Å². The van der Waals surface area contributed by atoms with Crippen LogP contribution in [-0.4, -0.2) is 17.0 Å². The lowest BCUT2D eigenvalue weighted by atomic mass is 10.0. The maximum atomic E-state index is 11.1. The summed E-state index contributed by atoms with van der Waals surface area (Å²) in [6.45, 7) is 2.26. The summed E-state index contributed by atoms with van der Waals surface area (Å²) in [6.07, 6.45) is 22.1. The predicted molar refractivity (Wildman–Crippen MR) is 109 cm³/mol. The number of primary amides is 1. The highest BCUT2D eigenvalue weighted by Crippen LogP contribution is 2.15. The number of aliphatic carboxylic acids is 1. The Labute approximate surface area is 160 Å². The maximum absolute atomic E-state index is 11.1. The number of unbranched alkanes of at least 4 members (excludes halogenated alkanes) is 15. The second-order valence-electron chi connectivity index (χ2n) is 7.43. The van der Waals surface area contributed by atoms with Gasteiger partial charge in [0.25, 0.3) is 0 Å². The number of hydrogen-bond donors (Lipinski definition) is 2. The third kappa shape index (κ3) is 17.5. The Morgan fingerprint density at radius 3 is 1.35 bits per heavy atom. The fourth-order valence-corrected chi connectivity index (χ4v) is 3.28. The number of rotatable bonds is 19. The van der Waals surface area contributed by atoms with Gasteiger partial charge in [-0.15, -0.1) is 0 Å². The SMILES string of the molecule is CCCCCCCCCCCCCCCCCC/C(=C\C(=O)O)C(N)=O. The molecule has 0 aliphatic heterocycles. The number of carboxylic acid groups (broad SMARTS) is 1. The van der Waals surface area contributed by atoms with Crippen LogP contribution in [0.3, 0.4) is 0 Å². The molecule has 0 spiro atoms. The van der Waals surface area contributed by atoms with Gasteiger partial charge in [-0.05, 0) is 12.8 Å². The Morgan fingerprint density at radius 2 is 1.04 bits per heavy atom. The fraction of sp³-hybridized carbons (Fsp3) is 0.818. The molecule has 0 aromatic carbocycles. The molecular weight excluding hydrogens is 326 g/mol. The molecule has 26 heavy (non-hydrogen) atoms. The molecule has 3 N–H and O–H groups in total. The highest BCUT2D eigenvalue weighted by atomic mass is 16.4. The van der Waals surface area contributed by atoms with Gasteiger partial charge in [-0.2, -0.15) is 0 Å². The number of amides is 1. The molecule has 4 heteroatoms. The second-order valence-corrected chi connectivity index (χ2v) is 7.43. The molecule has 0 atom stereocenters. The van der Waals surface area contributed by atoms with E-state index in [1.54, 1.807) is 0 Å². The molecule has 0 bridgehead atoms. The predicted octanol–water partition coefficient (Wildman–Crippen LogP) is 6.13. The Hall–Kier alpha value is -1.32. The van der Waals surface area contributed by atoms with Crippen LogP contribution in [0.25, 0.3) is 0 Å². The van der Waals surface area contributed by atoms with Gasteiger partial charge in [0.05, 0.1) is 0 Å². The van der Waals surface area contributed by atoms with Crippen LogP contribution < -0.4 is 5.73 Å². The summed E-state index contributed by atoms with van der Waals surface area (Å²) in [5.41, 5.74) is 5.41. The number of carbonyl (C=O) groups is 2. The molecule has 0 saturated heterocycles. The summed E-state index contributed by atoms with van der Waals surface area (Å²) >= 11 is 0. The molecule has 1 amide bonds. The van der Waals surface area contributed by atoms with Gasteiger partial charge in [-0.3, -0.25) is 4.79 Å². The lowest BCUT2D eigenvalue weighted by molar-refractivity contribution is -0.131. The van der Waals surface area contributed by atoms with Crippen molar-refractivity contribution >= 4 is 11.9 Å². The van der Waals surface area contributed by atoms with Crippen LogP contribution in [0.2, 0.25) is 0 Å². The lowest BCUT2D eigenvalue weighted by Gasteiger charge is -2.04. The summed E-state index contributed by atoms with van der Waals surface area (Å²) in [4.78, 5) is 21.7. The minimum absolute atomic E-state index is 0.225. The van der Waals surface area contributed by atoms with Crippen LogP contribution in [0.1, 0.15) is 116 Å². The molecule has 0 aromatic rings. The Morgan fingerprint density at radius 1 is 0.692 bits per heavy atom. The van der Waals surface area contributed by atoms with Gasteiger partial charge in [0.2, 0.25) is 5.91 Å². The van der Waals surface area contributed by atoms with Gasteiger partial charge < -0.3 is 10.8 Å². The molecule has 0 rings (SSSR count). The second kappa shape index (κ2) is 18.5. The molecule has 0 radical (unpaired) electrons. The van der Waals surface area contributed by atoms with E-state index in [2.05, 4.69) is 6.92 Å². The third-order valence-electron chi connectivity index (χ3n) is 4.91. The molecule has 0 aliphatic rings. The zero-order chi connectivity index (χ0) is 19.5. The van der Waals surface area contributed by atoms with Crippen LogP contribution in [0.4, 0.5) is 0 Å². The minimum Gasteiger partial charge on any atom is -0.478 e. The number of carboxylic acids is 1. The Bertz CT molecular complexity index is 391. The first-order valence-corrected chi connectivity index (χ1v) is 10.8. The topological polar surface area (TPSA) is 80.4 Å². The maximum Gasteiger partial charge on any atom is 0.328 e. The Balaban J connectivity index is 3.31. The first kappa shape index (κ1) is 24.7. The van der Waals surface area contributed by atoms with Gasteiger partial charge in [0.1, 0.15) is 0 Å². The van der Waals surface area contributed by atoms with E-state index in [-0.39, 0.29) is 5.57 Å². The summed E-state index contributed by atoms with van der Waals surface area (Å²) < 4.78 is 0. The summed E-state index contributed by atoms with van der Waals surface area (Å²) in [6, 6.07) is 0. The van der Waals surface area contributed by atoms with E-state index in [0.717, 1.165) is 25.3 Å². The van der Waals surface area contributed by atoms with Crippen molar-refractivity contribution in [1.82, 2.24) is 0 Å². The van der Waals surface area contributed by atoms with Crippen molar-refractivity contribution in [2.45, 2.75) is 116 Å². The summed E-state index contributed by atoms with van der Waals surface area (Å²) in [7, 11) is 0. The van der Waals surface area contributed by atoms with Gasteiger partial charge >= 0.3 is 5.97 Å². The van der Waals surface area contributed by atoms with Crippen molar-refractivity contribution in [3.8, 4) is 0 Å². The smallest absolute Gasteiger partial charge is 0.328 e. The van der Waals surface area contributed by atoms with Crippen LogP contribution in [0.15, 0.2) is 11.6 Å². The highest BCUT2D eigenvalue weighted by Gasteiger charge is 2.06. The van der Waals surface area contributed by atoms with Gasteiger partial charge in [0, 0.05) is 11.6 Å². The van der Waals surface area contributed by atoms with Gasteiger partial charge in [-0.1, -0.05) is 103 Å². The van der Waals surface area contributed by atoms with E-state index >= 15 is 0 Å². The molecule has 0 unspecified atom stereocenters. The van der Waals surface area contributed by atoms with Crippen molar-refractivity contribution in [3.63, 3.8) is 0 Å². The quantitative estimate of drug-likeness (QED) is 0.213. The summed E-state index contributed by atoms with van der Waals surface area (Å²) in [5.74, 6) is -1.72. The molecule has 0 fully saturated rings. The largest absolute Gasteiger partial charge is 0.478 e. The van der Waals surface area contributed by atoms with Crippen molar-refractivity contribution in [3.05, 3.63) is 11.6 Å². The van der Waals surface area contributed by atoms with E-state index in [4.69, 9.17) is 10.8 Å². The van der Waals surface area contributed by atoms with Gasteiger partial charge in [-0.25, -0.2) is 4.79 Å². The molecule has 0 heterocycles. The van der Waals surface area contributed by atoms with Crippen molar-refractivity contribution in [2.75, 3.05) is 0 Å². The first-order chi connectivity index (χ1) is 12.6. The molecule has 4 nitrogen and oxygen atoms in total.